The normalized spacial score (nSPS) is 16.3. The van der Waals surface area contributed by atoms with Crippen molar-refractivity contribution < 1.29 is 14.3 Å². The minimum atomic E-state index is -0.652. The zero-order valence-electron chi connectivity index (χ0n) is 8.39. The van der Waals surface area contributed by atoms with Crippen LogP contribution in [0.25, 0.3) is 0 Å². The van der Waals surface area contributed by atoms with E-state index in [4.69, 9.17) is 9.47 Å². The maximum absolute atomic E-state index is 11.3. The Bertz CT molecular complexity index is 320. The van der Waals surface area contributed by atoms with Crippen molar-refractivity contribution in [2.24, 2.45) is 0 Å². The van der Waals surface area contributed by atoms with Gasteiger partial charge in [0.05, 0.1) is 0 Å². The van der Waals surface area contributed by atoms with Gasteiger partial charge in [0, 0.05) is 12.3 Å². The molecule has 0 saturated heterocycles. The molecule has 0 bridgehead atoms. The van der Waals surface area contributed by atoms with Crippen LogP contribution in [0.15, 0.2) is 24.4 Å². The van der Waals surface area contributed by atoms with E-state index in [1.165, 1.54) is 0 Å². The molecular weight excluding hydrogens is 194 g/mol. The number of carbonyl (C=O) groups is 1. The molecule has 0 N–H and O–H groups in total. The standard InChI is InChI=1S/C11H13NO3/c13-11(14-9-5-1-2-6-9)15-10-7-3-4-8-12-10/h3-4,7-9H,1-2,5-6H2. The largest absolute Gasteiger partial charge is 0.515 e. The maximum atomic E-state index is 11.3. The van der Waals surface area contributed by atoms with Crippen LogP contribution in [0.3, 0.4) is 0 Å². The fourth-order valence-electron chi connectivity index (χ4n) is 1.66. The van der Waals surface area contributed by atoms with Gasteiger partial charge in [-0.3, -0.25) is 0 Å². The zero-order chi connectivity index (χ0) is 10.5. The second kappa shape index (κ2) is 4.77. The first-order valence-corrected chi connectivity index (χ1v) is 5.14. The Morgan fingerprint density at radius 2 is 2.13 bits per heavy atom. The Hall–Kier alpha value is -1.58. The number of rotatable bonds is 2. The average molecular weight is 207 g/mol. The van der Waals surface area contributed by atoms with Crippen LogP contribution in [0, 0.1) is 0 Å². The van der Waals surface area contributed by atoms with E-state index in [9.17, 15) is 4.79 Å². The lowest BCUT2D eigenvalue weighted by atomic mass is 10.3. The Morgan fingerprint density at radius 3 is 2.80 bits per heavy atom. The van der Waals surface area contributed by atoms with Crippen LogP contribution in [0.2, 0.25) is 0 Å². The third kappa shape index (κ3) is 2.94. The van der Waals surface area contributed by atoms with Gasteiger partial charge >= 0.3 is 6.16 Å². The smallest absolute Gasteiger partial charge is 0.431 e. The van der Waals surface area contributed by atoms with Crippen molar-refractivity contribution in [3.05, 3.63) is 24.4 Å². The van der Waals surface area contributed by atoms with E-state index < -0.39 is 6.16 Å². The summed E-state index contributed by atoms with van der Waals surface area (Å²) in [4.78, 5) is 15.2. The summed E-state index contributed by atoms with van der Waals surface area (Å²) in [6.45, 7) is 0. The molecule has 1 fully saturated rings. The SMILES string of the molecule is O=C(Oc1ccccn1)OC1CCCC1. The highest BCUT2D eigenvalue weighted by molar-refractivity contribution is 5.63. The fourth-order valence-corrected chi connectivity index (χ4v) is 1.66. The quantitative estimate of drug-likeness (QED) is 0.699. The summed E-state index contributed by atoms with van der Waals surface area (Å²) in [6, 6.07) is 5.14. The van der Waals surface area contributed by atoms with Crippen LogP contribution in [-0.2, 0) is 4.74 Å². The molecule has 0 aromatic carbocycles. The summed E-state index contributed by atoms with van der Waals surface area (Å²) in [5.74, 6) is 0.278. The van der Waals surface area contributed by atoms with Gasteiger partial charge in [-0.2, -0.15) is 0 Å². The number of pyridine rings is 1. The van der Waals surface area contributed by atoms with E-state index in [0.29, 0.717) is 0 Å². The number of ether oxygens (including phenoxy) is 2. The summed E-state index contributed by atoms with van der Waals surface area (Å²) >= 11 is 0. The minimum Gasteiger partial charge on any atom is -0.431 e. The molecule has 4 nitrogen and oxygen atoms in total. The molecular formula is C11H13NO3. The molecule has 1 saturated carbocycles. The van der Waals surface area contributed by atoms with Crippen LogP contribution >= 0.6 is 0 Å². The fraction of sp³-hybridized carbons (Fsp3) is 0.455. The highest BCUT2D eigenvalue weighted by Gasteiger charge is 2.20. The van der Waals surface area contributed by atoms with Crippen molar-refractivity contribution in [2.75, 3.05) is 0 Å². The van der Waals surface area contributed by atoms with Gasteiger partial charge in [0.15, 0.2) is 0 Å². The van der Waals surface area contributed by atoms with Crippen LogP contribution < -0.4 is 4.74 Å². The average Bonchev–Trinajstić information content (AvgIpc) is 2.71. The van der Waals surface area contributed by atoms with Crippen molar-refractivity contribution in [3.63, 3.8) is 0 Å². The molecule has 0 unspecified atom stereocenters. The van der Waals surface area contributed by atoms with Crippen LogP contribution in [-0.4, -0.2) is 17.2 Å². The van der Waals surface area contributed by atoms with Gasteiger partial charge in [-0.15, -0.1) is 0 Å². The van der Waals surface area contributed by atoms with Crippen molar-refractivity contribution in [3.8, 4) is 5.88 Å². The Labute approximate surface area is 88.2 Å². The first kappa shape index (κ1) is 9.96. The second-order valence-corrected chi connectivity index (χ2v) is 3.54. The lowest BCUT2D eigenvalue weighted by Crippen LogP contribution is -2.18. The topological polar surface area (TPSA) is 48.4 Å². The monoisotopic (exact) mass is 207 g/mol. The highest BCUT2D eigenvalue weighted by Crippen LogP contribution is 2.21. The number of hydrogen-bond donors (Lipinski definition) is 0. The molecule has 0 aliphatic heterocycles. The molecule has 80 valence electrons. The van der Waals surface area contributed by atoms with Crippen molar-refractivity contribution in [1.29, 1.82) is 0 Å². The molecule has 1 aromatic rings. The molecule has 0 radical (unpaired) electrons. The minimum absolute atomic E-state index is 0.0289. The molecule has 4 heteroatoms. The number of carbonyl (C=O) groups excluding carboxylic acids is 1. The molecule has 15 heavy (non-hydrogen) atoms. The summed E-state index contributed by atoms with van der Waals surface area (Å²) in [6.07, 6.45) is 5.08. The number of nitrogens with zero attached hydrogens (tertiary/aromatic N) is 1. The van der Waals surface area contributed by atoms with Gasteiger partial charge in [0.1, 0.15) is 6.10 Å². The lowest BCUT2D eigenvalue weighted by Gasteiger charge is -2.10. The predicted molar refractivity (Wildman–Crippen MR) is 53.6 cm³/mol. The summed E-state index contributed by atoms with van der Waals surface area (Å²) in [7, 11) is 0. The predicted octanol–water partition coefficient (Wildman–Crippen LogP) is 2.54. The summed E-state index contributed by atoms with van der Waals surface area (Å²) in [5.41, 5.74) is 0. The van der Waals surface area contributed by atoms with Crippen LogP contribution in [0.5, 0.6) is 5.88 Å². The Balaban J connectivity index is 1.82. The van der Waals surface area contributed by atoms with E-state index in [0.717, 1.165) is 25.7 Å². The number of hydrogen-bond acceptors (Lipinski definition) is 4. The zero-order valence-corrected chi connectivity index (χ0v) is 8.39. The van der Waals surface area contributed by atoms with Crippen LogP contribution in [0.4, 0.5) is 4.79 Å². The Kier molecular flexibility index (Phi) is 3.17. The van der Waals surface area contributed by atoms with Gasteiger partial charge < -0.3 is 9.47 Å². The van der Waals surface area contributed by atoms with E-state index >= 15 is 0 Å². The summed E-state index contributed by atoms with van der Waals surface area (Å²) in [5, 5.41) is 0. The lowest BCUT2D eigenvalue weighted by molar-refractivity contribution is 0.0600. The van der Waals surface area contributed by atoms with Crippen LogP contribution in [0.1, 0.15) is 25.7 Å². The molecule has 1 heterocycles. The van der Waals surface area contributed by atoms with Gasteiger partial charge in [-0.25, -0.2) is 9.78 Å². The highest BCUT2D eigenvalue weighted by atomic mass is 16.7. The molecule has 1 aromatic heterocycles. The molecule has 1 aliphatic rings. The summed E-state index contributed by atoms with van der Waals surface area (Å²) < 4.78 is 10.0. The maximum Gasteiger partial charge on any atom is 0.515 e. The van der Waals surface area contributed by atoms with Gasteiger partial charge in [-0.05, 0) is 31.7 Å². The molecule has 1 aliphatic carbocycles. The van der Waals surface area contributed by atoms with Crippen molar-refractivity contribution >= 4 is 6.16 Å². The molecule has 2 rings (SSSR count). The van der Waals surface area contributed by atoms with E-state index in [1.54, 1.807) is 24.4 Å². The van der Waals surface area contributed by atoms with E-state index in [1.807, 2.05) is 0 Å². The number of aromatic nitrogens is 1. The first-order chi connectivity index (χ1) is 7.34. The van der Waals surface area contributed by atoms with Gasteiger partial charge in [-0.1, -0.05) is 6.07 Å². The molecule has 0 spiro atoms. The van der Waals surface area contributed by atoms with Crippen molar-refractivity contribution in [1.82, 2.24) is 4.98 Å². The van der Waals surface area contributed by atoms with E-state index in [-0.39, 0.29) is 12.0 Å². The molecule has 0 amide bonds. The molecule has 0 atom stereocenters. The van der Waals surface area contributed by atoms with Gasteiger partial charge in [0.25, 0.3) is 0 Å². The first-order valence-electron chi connectivity index (χ1n) is 5.14. The second-order valence-electron chi connectivity index (χ2n) is 3.54. The third-order valence-electron chi connectivity index (χ3n) is 2.39. The Morgan fingerprint density at radius 1 is 1.33 bits per heavy atom. The van der Waals surface area contributed by atoms with Crippen molar-refractivity contribution in [2.45, 2.75) is 31.8 Å². The van der Waals surface area contributed by atoms with E-state index in [2.05, 4.69) is 4.98 Å². The van der Waals surface area contributed by atoms with Gasteiger partial charge in [0.2, 0.25) is 5.88 Å². The third-order valence-corrected chi connectivity index (χ3v) is 2.39.